The highest BCUT2D eigenvalue weighted by atomic mass is 35.5. The van der Waals surface area contributed by atoms with Gasteiger partial charge in [0, 0.05) is 12.4 Å². The molecule has 4 atom stereocenters. The van der Waals surface area contributed by atoms with Crippen molar-refractivity contribution in [2.45, 2.75) is 32.6 Å². The SMILES string of the molecule is CC(CCl)CS(=O)(=O)NCC1CC2CCC1C2. The molecular weight excluding hydrogens is 258 g/mol. The van der Waals surface area contributed by atoms with Crippen molar-refractivity contribution in [3.8, 4) is 0 Å². The van der Waals surface area contributed by atoms with Gasteiger partial charge in [-0.2, -0.15) is 0 Å². The van der Waals surface area contributed by atoms with E-state index in [1.807, 2.05) is 6.92 Å². The number of hydrogen-bond donors (Lipinski definition) is 1. The molecule has 0 aromatic carbocycles. The van der Waals surface area contributed by atoms with Crippen molar-refractivity contribution < 1.29 is 8.42 Å². The maximum Gasteiger partial charge on any atom is 0.211 e. The lowest BCUT2D eigenvalue weighted by atomic mass is 9.89. The molecule has 2 saturated carbocycles. The van der Waals surface area contributed by atoms with E-state index >= 15 is 0 Å². The fraction of sp³-hybridized carbons (Fsp3) is 1.00. The minimum Gasteiger partial charge on any atom is -0.215 e. The van der Waals surface area contributed by atoms with Gasteiger partial charge in [-0.3, -0.25) is 0 Å². The van der Waals surface area contributed by atoms with E-state index < -0.39 is 10.0 Å². The second kappa shape index (κ2) is 5.45. The Labute approximate surface area is 109 Å². The minimum absolute atomic E-state index is 0.0224. The fourth-order valence-corrected chi connectivity index (χ4v) is 5.03. The molecule has 0 aromatic heterocycles. The molecule has 2 fully saturated rings. The van der Waals surface area contributed by atoms with Crippen LogP contribution in [-0.4, -0.2) is 26.6 Å². The smallest absolute Gasteiger partial charge is 0.211 e. The van der Waals surface area contributed by atoms with E-state index in [1.54, 1.807) is 0 Å². The highest BCUT2D eigenvalue weighted by molar-refractivity contribution is 7.89. The van der Waals surface area contributed by atoms with Crippen LogP contribution in [-0.2, 0) is 10.0 Å². The van der Waals surface area contributed by atoms with Crippen molar-refractivity contribution in [1.29, 1.82) is 0 Å². The van der Waals surface area contributed by atoms with Crippen molar-refractivity contribution in [2.24, 2.45) is 23.7 Å². The zero-order valence-corrected chi connectivity index (χ0v) is 11.9. The van der Waals surface area contributed by atoms with Crippen LogP contribution in [0.4, 0.5) is 0 Å². The number of fused-ring (bicyclic) bond motifs is 2. The van der Waals surface area contributed by atoms with Gasteiger partial charge in [-0.25, -0.2) is 13.1 Å². The van der Waals surface area contributed by atoms with Gasteiger partial charge >= 0.3 is 0 Å². The standard InChI is InChI=1S/C12H22ClNO2S/c1-9(6-13)8-17(15,16)14-7-12-5-10-2-3-11(12)4-10/h9-12,14H,2-8H2,1H3. The summed E-state index contributed by atoms with van der Waals surface area (Å²) in [5.74, 6) is 2.79. The van der Waals surface area contributed by atoms with Gasteiger partial charge in [-0.1, -0.05) is 13.3 Å². The molecule has 0 radical (unpaired) electrons. The van der Waals surface area contributed by atoms with Gasteiger partial charge in [0.15, 0.2) is 0 Å². The molecular formula is C12H22ClNO2S. The first-order valence-electron chi connectivity index (χ1n) is 6.53. The summed E-state index contributed by atoms with van der Waals surface area (Å²) in [7, 11) is -3.13. The van der Waals surface area contributed by atoms with Crippen LogP contribution in [0.1, 0.15) is 32.6 Å². The Morgan fingerprint density at radius 2 is 2.12 bits per heavy atom. The van der Waals surface area contributed by atoms with E-state index in [4.69, 9.17) is 11.6 Å². The lowest BCUT2D eigenvalue weighted by Crippen LogP contribution is -2.35. The third-order valence-corrected chi connectivity index (χ3v) is 6.36. The molecule has 0 aliphatic heterocycles. The molecule has 0 saturated heterocycles. The summed E-state index contributed by atoms with van der Waals surface area (Å²) in [5.41, 5.74) is 0. The van der Waals surface area contributed by atoms with E-state index in [2.05, 4.69) is 4.72 Å². The van der Waals surface area contributed by atoms with Crippen LogP contribution < -0.4 is 4.72 Å². The first-order valence-corrected chi connectivity index (χ1v) is 8.72. The molecule has 0 heterocycles. The van der Waals surface area contributed by atoms with Crippen LogP contribution in [0.3, 0.4) is 0 Å². The van der Waals surface area contributed by atoms with Gasteiger partial charge in [-0.15, -0.1) is 11.6 Å². The van der Waals surface area contributed by atoms with Gasteiger partial charge in [0.1, 0.15) is 0 Å². The Hall–Kier alpha value is 0.200. The third-order valence-electron chi connectivity index (χ3n) is 4.22. The summed E-state index contributed by atoms with van der Waals surface area (Å²) in [4.78, 5) is 0. The van der Waals surface area contributed by atoms with Crippen LogP contribution >= 0.6 is 11.6 Å². The van der Waals surface area contributed by atoms with E-state index in [0.29, 0.717) is 18.3 Å². The van der Waals surface area contributed by atoms with Gasteiger partial charge in [0.25, 0.3) is 0 Å². The number of hydrogen-bond acceptors (Lipinski definition) is 2. The number of alkyl halides is 1. The van der Waals surface area contributed by atoms with E-state index in [-0.39, 0.29) is 11.7 Å². The van der Waals surface area contributed by atoms with E-state index in [1.165, 1.54) is 25.7 Å². The Balaban J connectivity index is 1.78. The zero-order valence-electron chi connectivity index (χ0n) is 10.4. The lowest BCUT2D eigenvalue weighted by molar-refractivity contribution is 0.332. The summed E-state index contributed by atoms with van der Waals surface area (Å²) in [5, 5.41) is 0. The average molecular weight is 280 g/mol. The monoisotopic (exact) mass is 279 g/mol. The van der Waals surface area contributed by atoms with Crippen LogP contribution in [0.25, 0.3) is 0 Å². The van der Waals surface area contributed by atoms with Crippen LogP contribution in [0.5, 0.6) is 0 Å². The maximum atomic E-state index is 11.8. The number of sulfonamides is 1. The van der Waals surface area contributed by atoms with Crippen LogP contribution in [0.2, 0.25) is 0 Å². The van der Waals surface area contributed by atoms with Gasteiger partial charge in [0.2, 0.25) is 10.0 Å². The molecule has 3 nitrogen and oxygen atoms in total. The zero-order chi connectivity index (χ0) is 12.5. The normalized spacial score (nSPS) is 34.1. The van der Waals surface area contributed by atoms with Gasteiger partial charge in [-0.05, 0) is 42.9 Å². The molecule has 0 aromatic rings. The first-order chi connectivity index (χ1) is 8.00. The number of nitrogens with one attached hydrogen (secondary N) is 1. The first kappa shape index (κ1) is 13.6. The van der Waals surface area contributed by atoms with Crippen molar-refractivity contribution in [3.63, 3.8) is 0 Å². The van der Waals surface area contributed by atoms with Crippen molar-refractivity contribution >= 4 is 21.6 Å². The molecule has 0 amide bonds. The highest BCUT2D eigenvalue weighted by Gasteiger charge is 2.39. The van der Waals surface area contributed by atoms with Crippen LogP contribution in [0, 0.1) is 23.7 Å². The molecule has 2 aliphatic rings. The maximum absolute atomic E-state index is 11.8. The van der Waals surface area contributed by atoms with E-state index in [0.717, 1.165) is 11.8 Å². The molecule has 5 heteroatoms. The minimum atomic E-state index is -3.13. The molecule has 2 rings (SSSR count). The summed E-state index contributed by atoms with van der Waals surface area (Å²) in [6, 6.07) is 0. The van der Waals surface area contributed by atoms with Gasteiger partial charge in [0.05, 0.1) is 5.75 Å². The summed E-state index contributed by atoms with van der Waals surface area (Å²) >= 11 is 5.64. The topological polar surface area (TPSA) is 46.2 Å². The Morgan fingerprint density at radius 1 is 1.35 bits per heavy atom. The third kappa shape index (κ3) is 3.58. The fourth-order valence-electron chi connectivity index (χ4n) is 3.34. The predicted octanol–water partition coefficient (Wildman–Crippen LogP) is 2.22. The largest absolute Gasteiger partial charge is 0.215 e. The summed E-state index contributed by atoms with van der Waals surface area (Å²) < 4.78 is 26.4. The summed E-state index contributed by atoms with van der Waals surface area (Å²) in [6.45, 7) is 2.50. The molecule has 100 valence electrons. The molecule has 4 unspecified atom stereocenters. The number of rotatable bonds is 6. The van der Waals surface area contributed by atoms with Gasteiger partial charge < -0.3 is 0 Å². The molecule has 0 spiro atoms. The molecule has 2 aliphatic carbocycles. The molecule has 17 heavy (non-hydrogen) atoms. The Bertz CT molecular complexity index is 358. The van der Waals surface area contributed by atoms with Crippen molar-refractivity contribution in [2.75, 3.05) is 18.2 Å². The Morgan fingerprint density at radius 3 is 2.65 bits per heavy atom. The summed E-state index contributed by atoms with van der Waals surface area (Å²) in [6.07, 6.45) is 5.20. The predicted molar refractivity (Wildman–Crippen MR) is 70.6 cm³/mol. The number of halogens is 1. The second-order valence-corrected chi connectivity index (χ2v) is 7.98. The average Bonchev–Trinajstić information content (AvgIpc) is 2.87. The molecule has 1 N–H and O–H groups in total. The van der Waals surface area contributed by atoms with Crippen molar-refractivity contribution in [1.82, 2.24) is 4.72 Å². The Kier molecular flexibility index (Phi) is 4.37. The van der Waals surface area contributed by atoms with E-state index in [9.17, 15) is 8.42 Å². The lowest BCUT2D eigenvalue weighted by Gasteiger charge is -2.22. The second-order valence-electron chi connectivity index (χ2n) is 5.82. The highest BCUT2D eigenvalue weighted by Crippen LogP contribution is 2.47. The van der Waals surface area contributed by atoms with Crippen molar-refractivity contribution in [3.05, 3.63) is 0 Å². The van der Waals surface area contributed by atoms with Crippen LogP contribution in [0.15, 0.2) is 0 Å². The quantitative estimate of drug-likeness (QED) is 0.758. The molecule has 2 bridgehead atoms.